The lowest BCUT2D eigenvalue weighted by atomic mass is 10.1. The second-order valence-corrected chi connectivity index (χ2v) is 4.97. The second-order valence-electron chi connectivity index (χ2n) is 4.97. The van der Waals surface area contributed by atoms with Gasteiger partial charge in [0.1, 0.15) is 5.82 Å². The Bertz CT molecular complexity index is 614. The highest BCUT2D eigenvalue weighted by atomic mass is 19.1. The lowest BCUT2D eigenvalue weighted by molar-refractivity contribution is 0.116. The summed E-state index contributed by atoms with van der Waals surface area (Å²) in [5.74, 6) is 0.648. The van der Waals surface area contributed by atoms with Gasteiger partial charge >= 0.3 is 0 Å². The van der Waals surface area contributed by atoms with E-state index in [0.29, 0.717) is 22.8 Å². The van der Waals surface area contributed by atoms with E-state index in [1.54, 1.807) is 26.2 Å². The van der Waals surface area contributed by atoms with Gasteiger partial charge in [0.25, 0.3) is 0 Å². The standard InChI is InChI=1S/C14H16FN3O2/c1-8-3-4-9(5-11(8)15)13-17-14(20-18-13)12-6-10(19-2)7-16-12/h3-5,10,12,16H,6-7H2,1-2H3. The fourth-order valence-corrected chi connectivity index (χ4v) is 2.30. The number of nitrogens with zero attached hydrogens (tertiary/aromatic N) is 2. The minimum Gasteiger partial charge on any atom is -0.380 e. The van der Waals surface area contributed by atoms with Gasteiger partial charge in [-0.2, -0.15) is 4.98 Å². The van der Waals surface area contributed by atoms with Crippen LogP contribution in [0, 0.1) is 12.7 Å². The van der Waals surface area contributed by atoms with Crippen LogP contribution in [0.25, 0.3) is 11.4 Å². The van der Waals surface area contributed by atoms with Crippen molar-refractivity contribution in [3.8, 4) is 11.4 Å². The fraction of sp³-hybridized carbons (Fsp3) is 0.429. The third-order valence-corrected chi connectivity index (χ3v) is 3.59. The van der Waals surface area contributed by atoms with Crippen molar-refractivity contribution in [3.05, 3.63) is 35.5 Å². The smallest absolute Gasteiger partial charge is 0.244 e. The molecule has 2 unspecified atom stereocenters. The highest BCUT2D eigenvalue weighted by molar-refractivity contribution is 5.55. The Balaban J connectivity index is 1.81. The Labute approximate surface area is 116 Å². The number of hydrogen-bond donors (Lipinski definition) is 1. The van der Waals surface area contributed by atoms with Crippen molar-refractivity contribution in [1.29, 1.82) is 0 Å². The van der Waals surface area contributed by atoms with Crippen LogP contribution in [-0.4, -0.2) is 29.9 Å². The van der Waals surface area contributed by atoms with E-state index in [-0.39, 0.29) is 18.0 Å². The van der Waals surface area contributed by atoms with Crippen molar-refractivity contribution in [2.45, 2.75) is 25.5 Å². The molecule has 20 heavy (non-hydrogen) atoms. The molecule has 0 saturated carbocycles. The number of benzene rings is 1. The van der Waals surface area contributed by atoms with E-state index in [2.05, 4.69) is 15.5 Å². The molecule has 0 radical (unpaired) electrons. The topological polar surface area (TPSA) is 60.2 Å². The van der Waals surface area contributed by atoms with Gasteiger partial charge in [0.2, 0.25) is 11.7 Å². The molecule has 0 bridgehead atoms. The molecule has 1 N–H and O–H groups in total. The van der Waals surface area contributed by atoms with Crippen LogP contribution in [0.2, 0.25) is 0 Å². The van der Waals surface area contributed by atoms with Crippen molar-refractivity contribution in [2.75, 3.05) is 13.7 Å². The summed E-state index contributed by atoms with van der Waals surface area (Å²) in [5, 5.41) is 7.18. The van der Waals surface area contributed by atoms with E-state index in [4.69, 9.17) is 9.26 Å². The molecular formula is C14H16FN3O2. The molecular weight excluding hydrogens is 261 g/mol. The van der Waals surface area contributed by atoms with Crippen molar-refractivity contribution in [1.82, 2.24) is 15.5 Å². The SMILES string of the molecule is COC1CNC(c2nc(-c3ccc(C)c(F)c3)no2)C1. The highest BCUT2D eigenvalue weighted by Crippen LogP contribution is 2.26. The molecule has 2 atom stereocenters. The van der Waals surface area contributed by atoms with Crippen molar-refractivity contribution in [3.63, 3.8) is 0 Å². The monoisotopic (exact) mass is 277 g/mol. The van der Waals surface area contributed by atoms with Gasteiger partial charge in [0.05, 0.1) is 12.1 Å². The van der Waals surface area contributed by atoms with Crippen LogP contribution in [0.3, 0.4) is 0 Å². The van der Waals surface area contributed by atoms with E-state index in [1.165, 1.54) is 6.07 Å². The molecule has 1 fully saturated rings. The number of hydrogen-bond acceptors (Lipinski definition) is 5. The molecule has 106 valence electrons. The zero-order valence-electron chi connectivity index (χ0n) is 11.4. The van der Waals surface area contributed by atoms with Crippen molar-refractivity contribution >= 4 is 0 Å². The third-order valence-electron chi connectivity index (χ3n) is 3.59. The fourth-order valence-electron chi connectivity index (χ4n) is 2.30. The van der Waals surface area contributed by atoms with Gasteiger partial charge in [-0.25, -0.2) is 4.39 Å². The summed E-state index contributed by atoms with van der Waals surface area (Å²) in [6.07, 6.45) is 0.951. The van der Waals surface area contributed by atoms with Gasteiger partial charge in [-0.15, -0.1) is 0 Å². The third kappa shape index (κ3) is 2.44. The van der Waals surface area contributed by atoms with Crippen LogP contribution >= 0.6 is 0 Å². The van der Waals surface area contributed by atoms with E-state index in [9.17, 15) is 4.39 Å². The summed E-state index contributed by atoms with van der Waals surface area (Å²) in [6, 6.07) is 4.91. The molecule has 3 rings (SSSR count). The number of aryl methyl sites for hydroxylation is 1. The minimum atomic E-state index is -0.271. The minimum absolute atomic E-state index is 0.00325. The Morgan fingerprint density at radius 2 is 2.30 bits per heavy atom. The molecule has 1 aromatic carbocycles. The number of aromatic nitrogens is 2. The second kappa shape index (κ2) is 5.30. The zero-order chi connectivity index (χ0) is 14.1. The Hall–Kier alpha value is -1.79. The molecule has 2 aromatic rings. The maximum atomic E-state index is 13.6. The number of halogens is 1. The lowest BCUT2D eigenvalue weighted by Gasteiger charge is -2.04. The number of rotatable bonds is 3. The Morgan fingerprint density at radius 1 is 1.45 bits per heavy atom. The molecule has 5 nitrogen and oxygen atoms in total. The van der Waals surface area contributed by atoms with Gasteiger partial charge in [0.15, 0.2) is 0 Å². The quantitative estimate of drug-likeness (QED) is 0.932. The van der Waals surface area contributed by atoms with E-state index >= 15 is 0 Å². The number of ether oxygens (including phenoxy) is 1. The lowest BCUT2D eigenvalue weighted by Crippen LogP contribution is -2.16. The Kier molecular flexibility index (Phi) is 3.50. The molecule has 2 heterocycles. The average Bonchev–Trinajstić information content (AvgIpc) is 3.09. The van der Waals surface area contributed by atoms with Crippen LogP contribution < -0.4 is 5.32 Å². The Morgan fingerprint density at radius 3 is 3.00 bits per heavy atom. The van der Waals surface area contributed by atoms with Crippen LogP contribution in [0.4, 0.5) is 4.39 Å². The number of nitrogens with one attached hydrogen (secondary N) is 1. The van der Waals surface area contributed by atoms with Crippen LogP contribution in [0.1, 0.15) is 23.9 Å². The first kappa shape index (κ1) is 13.2. The highest BCUT2D eigenvalue weighted by Gasteiger charge is 2.29. The zero-order valence-corrected chi connectivity index (χ0v) is 11.4. The van der Waals surface area contributed by atoms with Crippen LogP contribution in [0.15, 0.2) is 22.7 Å². The molecule has 1 aliphatic rings. The van der Waals surface area contributed by atoms with Crippen LogP contribution in [-0.2, 0) is 4.74 Å². The molecule has 1 aromatic heterocycles. The van der Waals surface area contributed by atoms with Crippen LogP contribution in [0.5, 0.6) is 0 Å². The van der Waals surface area contributed by atoms with E-state index in [0.717, 1.165) is 13.0 Å². The molecule has 0 spiro atoms. The normalized spacial score (nSPS) is 22.4. The van der Waals surface area contributed by atoms with E-state index < -0.39 is 0 Å². The summed E-state index contributed by atoms with van der Waals surface area (Å²) in [4.78, 5) is 4.34. The van der Waals surface area contributed by atoms with Crippen molar-refractivity contribution < 1.29 is 13.7 Å². The average molecular weight is 277 g/mol. The number of methoxy groups -OCH3 is 1. The summed E-state index contributed by atoms with van der Waals surface area (Å²) in [5.41, 5.74) is 1.21. The summed E-state index contributed by atoms with van der Waals surface area (Å²) < 4.78 is 24.1. The first-order valence-electron chi connectivity index (χ1n) is 6.53. The first-order valence-corrected chi connectivity index (χ1v) is 6.53. The van der Waals surface area contributed by atoms with Gasteiger partial charge < -0.3 is 14.6 Å². The molecule has 1 aliphatic heterocycles. The maximum Gasteiger partial charge on any atom is 0.244 e. The predicted molar refractivity (Wildman–Crippen MR) is 70.6 cm³/mol. The summed E-state index contributed by atoms with van der Waals surface area (Å²) >= 11 is 0. The molecule has 6 heteroatoms. The van der Waals surface area contributed by atoms with Crippen molar-refractivity contribution in [2.24, 2.45) is 0 Å². The predicted octanol–water partition coefficient (Wildman–Crippen LogP) is 2.23. The molecule has 0 aliphatic carbocycles. The van der Waals surface area contributed by atoms with E-state index in [1.807, 2.05) is 0 Å². The largest absolute Gasteiger partial charge is 0.380 e. The van der Waals surface area contributed by atoms with Gasteiger partial charge in [-0.05, 0) is 25.0 Å². The maximum absolute atomic E-state index is 13.6. The first-order chi connectivity index (χ1) is 9.67. The molecule has 1 saturated heterocycles. The molecule has 0 amide bonds. The summed E-state index contributed by atoms with van der Waals surface area (Å²) in [7, 11) is 1.68. The van der Waals surface area contributed by atoms with Gasteiger partial charge in [0, 0.05) is 19.2 Å². The van der Waals surface area contributed by atoms with Gasteiger partial charge in [-0.1, -0.05) is 17.3 Å². The summed E-state index contributed by atoms with van der Waals surface area (Å²) in [6.45, 7) is 2.48. The van der Waals surface area contributed by atoms with Gasteiger partial charge in [-0.3, -0.25) is 0 Å².